The van der Waals surface area contributed by atoms with E-state index >= 15 is 0 Å². The number of benzene rings is 1. The van der Waals surface area contributed by atoms with E-state index in [1.165, 1.54) is 12.1 Å². The summed E-state index contributed by atoms with van der Waals surface area (Å²) in [5, 5.41) is 3.17. The van der Waals surface area contributed by atoms with Crippen molar-refractivity contribution in [2.75, 3.05) is 19.6 Å². The second kappa shape index (κ2) is 6.36. The molecule has 1 atom stereocenters. The number of hydrogen-bond donors (Lipinski definition) is 1. The second-order valence-corrected chi connectivity index (χ2v) is 4.56. The van der Waals surface area contributed by atoms with Crippen molar-refractivity contribution in [1.29, 1.82) is 0 Å². The molecule has 100 valence electrons. The molecule has 1 amide bonds. The van der Waals surface area contributed by atoms with E-state index in [-0.39, 0.29) is 34.9 Å². The Labute approximate surface area is 117 Å². The van der Waals surface area contributed by atoms with Crippen LogP contribution in [-0.4, -0.2) is 36.5 Å². The van der Waals surface area contributed by atoms with Crippen LogP contribution in [0.5, 0.6) is 0 Å². The maximum atomic E-state index is 13.7. The average molecular weight is 293 g/mol. The molecule has 18 heavy (non-hydrogen) atoms. The minimum absolute atomic E-state index is 0. The fourth-order valence-electron chi connectivity index (χ4n) is 1.97. The first-order valence-electron chi connectivity index (χ1n) is 5.57. The molecule has 0 spiro atoms. The van der Waals surface area contributed by atoms with E-state index in [1.54, 1.807) is 11.0 Å². The van der Waals surface area contributed by atoms with E-state index in [1.807, 2.05) is 6.92 Å². The van der Waals surface area contributed by atoms with Gasteiger partial charge in [0.05, 0.1) is 10.6 Å². The number of nitrogens with one attached hydrogen (secondary N) is 1. The van der Waals surface area contributed by atoms with Gasteiger partial charge in [-0.05, 0) is 19.1 Å². The Hall–Kier alpha value is -0.840. The molecule has 6 heteroatoms. The van der Waals surface area contributed by atoms with Crippen LogP contribution >= 0.6 is 24.0 Å². The third kappa shape index (κ3) is 2.94. The highest BCUT2D eigenvalue weighted by molar-refractivity contribution is 6.31. The van der Waals surface area contributed by atoms with Crippen molar-refractivity contribution in [3.63, 3.8) is 0 Å². The van der Waals surface area contributed by atoms with Crippen molar-refractivity contribution in [3.05, 3.63) is 34.6 Å². The molecule has 1 saturated heterocycles. The third-order valence-electron chi connectivity index (χ3n) is 2.94. The Balaban J connectivity index is 0.00000162. The van der Waals surface area contributed by atoms with Crippen molar-refractivity contribution in [3.8, 4) is 0 Å². The van der Waals surface area contributed by atoms with E-state index in [0.29, 0.717) is 6.54 Å². The van der Waals surface area contributed by atoms with Crippen molar-refractivity contribution in [2.24, 2.45) is 0 Å². The van der Waals surface area contributed by atoms with Gasteiger partial charge in [0.15, 0.2) is 5.82 Å². The van der Waals surface area contributed by atoms with Crippen LogP contribution in [0.3, 0.4) is 0 Å². The standard InChI is InChI=1S/C12H14ClFN2O.ClH/c1-8-7-15-5-6-16(8)12(17)9-3-2-4-10(13)11(9)14;/h2-4,8,15H,5-7H2,1H3;1H/t8-;/m1./s1. The maximum absolute atomic E-state index is 13.7. The summed E-state index contributed by atoms with van der Waals surface area (Å²) in [4.78, 5) is 13.9. The summed E-state index contributed by atoms with van der Waals surface area (Å²) in [7, 11) is 0. The van der Waals surface area contributed by atoms with E-state index < -0.39 is 5.82 Å². The lowest BCUT2D eigenvalue weighted by Crippen LogP contribution is -2.52. The molecular formula is C12H15Cl2FN2O. The van der Waals surface area contributed by atoms with E-state index in [9.17, 15) is 9.18 Å². The Morgan fingerprint density at radius 3 is 2.94 bits per heavy atom. The molecule has 2 rings (SSSR count). The van der Waals surface area contributed by atoms with Crippen molar-refractivity contribution >= 4 is 29.9 Å². The first kappa shape index (κ1) is 15.2. The zero-order valence-electron chi connectivity index (χ0n) is 9.95. The molecule has 1 fully saturated rings. The summed E-state index contributed by atoms with van der Waals surface area (Å²) in [5.74, 6) is -0.927. The minimum atomic E-state index is -0.634. The van der Waals surface area contributed by atoms with Crippen molar-refractivity contribution in [2.45, 2.75) is 13.0 Å². The molecule has 0 aromatic heterocycles. The second-order valence-electron chi connectivity index (χ2n) is 4.15. The highest BCUT2D eigenvalue weighted by Crippen LogP contribution is 2.20. The summed E-state index contributed by atoms with van der Waals surface area (Å²) in [6.45, 7) is 3.99. The normalized spacial score (nSPS) is 19.3. The van der Waals surface area contributed by atoms with Gasteiger partial charge in [0.1, 0.15) is 0 Å². The average Bonchev–Trinajstić information content (AvgIpc) is 2.32. The lowest BCUT2D eigenvalue weighted by atomic mass is 10.1. The molecule has 1 aromatic rings. The Morgan fingerprint density at radius 1 is 1.56 bits per heavy atom. The van der Waals surface area contributed by atoms with Crippen molar-refractivity contribution < 1.29 is 9.18 Å². The highest BCUT2D eigenvalue weighted by Gasteiger charge is 2.26. The monoisotopic (exact) mass is 292 g/mol. The molecule has 1 heterocycles. The largest absolute Gasteiger partial charge is 0.333 e. The number of nitrogens with zero attached hydrogens (tertiary/aromatic N) is 1. The van der Waals surface area contributed by atoms with Gasteiger partial charge in [-0.25, -0.2) is 4.39 Å². The first-order valence-corrected chi connectivity index (χ1v) is 5.94. The summed E-state index contributed by atoms with van der Waals surface area (Å²) in [6.07, 6.45) is 0. The van der Waals surface area contributed by atoms with E-state index in [0.717, 1.165) is 13.1 Å². The van der Waals surface area contributed by atoms with Crippen molar-refractivity contribution in [1.82, 2.24) is 10.2 Å². The first-order chi connectivity index (χ1) is 8.11. The molecule has 1 aromatic carbocycles. The van der Waals surface area contributed by atoms with Crippen LogP contribution in [0, 0.1) is 5.82 Å². The Bertz CT molecular complexity index is 442. The van der Waals surface area contributed by atoms with Crippen LogP contribution in [0.1, 0.15) is 17.3 Å². The lowest BCUT2D eigenvalue weighted by molar-refractivity contribution is 0.0651. The molecule has 0 radical (unpaired) electrons. The molecule has 0 saturated carbocycles. The number of amides is 1. The van der Waals surface area contributed by atoms with Crippen LogP contribution in [0.15, 0.2) is 18.2 Å². The van der Waals surface area contributed by atoms with Gasteiger partial charge in [0.25, 0.3) is 5.91 Å². The zero-order chi connectivity index (χ0) is 12.4. The molecule has 0 unspecified atom stereocenters. The highest BCUT2D eigenvalue weighted by atomic mass is 35.5. The number of piperazine rings is 1. The van der Waals surface area contributed by atoms with Crippen LogP contribution in [-0.2, 0) is 0 Å². The van der Waals surface area contributed by atoms with Gasteiger partial charge < -0.3 is 10.2 Å². The molecular weight excluding hydrogens is 278 g/mol. The molecule has 1 N–H and O–H groups in total. The number of rotatable bonds is 1. The molecule has 1 aliphatic rings. The molecule has 1 aliphatic heterocycles. The fourth-order valence-corrected chi connectivity index (χ4v) is 2.14. The summed E-state index contributed by atoms with van der Waals surface area (Å²) < 4.78 is 13.7. The van der Waals surface area contributed by atoms with Crippen LogP contribution < -0.4 is 5.32 Å². The quantitative estimate of drug-likeness (QED) is 0.862. The van der Waals surface area contributed by atoms with Crippen LogP contribution in [0.25, 0.3) is 0 Å². The molecule has 0 aliphatic carbocycles. The van der Waals surface area contributed by atoms with Gasteiger partial charge in [-0.3, -0.25) is 4.79 Å². The molecule has 3 nitrogen and oxygen atoms in total. The zero-order valence-corrected chi connectivity index (χ0v) is 11.5. The van der Waals surface area contributed by atoms with Crippen LogP contribution in [0.4, 0.5) is 4.39 Å². The topological polar surface area (TPSA) is 32.3 Å². The SMILES string of the molecule is C[C@@H]1CNCCN1C(=O)c1cccc(Cl)c1F.Cl. The van der Waals surface area contributed by atoms with Gasteiger partial charge in [-0.15, -0.1) is 12.4 Å². The van der Waals surface area contributed by atoms with Gasteiger partial charge in [-0.1, -0.05) is 17.7 Å². The van der Waals surface area contributed by atoms with E-state index in [4.69, 9.17) is 11.6 Å². The van der Waals surface area contributed by atoms with Gasteiger partial charge in [-0.2, -0.15) is 0 Å². The predicted molar refractivity (Wildman–Crippen MR) is 72.0 cm³/mol. The number of carbonyl (C=O) groups excluding carboxylic acids is 1. The lowest BCUT2D eigenvalue weighted by Gasteiger charge is -2.34. The summed E-state index contributed by atoms with van der Waals surface area (Å²) in [5.41, 5.74) is 0.0475. The fraction of sp³-hybridized carbons (Fsp3) is 0.417. The number of hydrogen-bond acceptors (Lipinski definition) is 2. The van der Waals surface area contributed by atoms with Gasteiger partial charge in [0.2, 0.25) is 0 Å². The van der Waals surface area contributed by atoms with Gasteiger partial charge in [0, 0.05) is 25.7 Å². The third-order valence-corrected chi connectivity index (χ3v) is 3.24. The number of halogens is 3. The maximum Gasteiger partial charge on any atom is 0.257 e. The van der Waals surface area contributed by atoms with Crippen LogP contribution in [0.2, 0.25) is 5.02 Å². The summed E-state index contributed by atoms with van der Waals surface area (Å²) >= 11 is 5.68. The van der Waals surface area contributed by atoms with Gasteiger partial charge >= 0.3 is 0 Å². The Morgan fingerprint density at radius 2 is 2.28 bits per heavy atom. The Kier molecular flexibility index (Phi) is 5.38. The van der Waals surface area contributed by atoms with E-state index in [2.05, 4.69) is 5.32 Å². The smallest absolute Gasteiger partial charge is 0.257 e. The summed E-state index contributed by atoms with van der Waals surface area (Å²) in [6, 6.07) is 4.56. The minimum Gasteiger partial charge on any atom is -0.333 e. The molecule has 0 bridgehead atoms. The predicted octanol–water partition coefficient (Wildman–Crippen LogP) is 2.33. The number of carbonyl (C=O) groups is 1.